The van der Waals surface area contributed by atoms with Crippen LogP contribution in [0, 0.1) is 0 Å². The third-order valence-electron chi connectivity index (χ3n) is 4.86. The molecule has 0 saturated carbocycles. The van der Waals surface area contributed by atoms with Gasteiger partial charge < -0.3 is 4.42 Å². The Morgan fingerprint density at radius 2 is 2.08 bits per heavy atom. The number of H-pyrrole nitrogens is 1. The van der Waals surface area contributed by atoms with Crippen molar-refractivity contribution < 1.29 is 4.42 Å². The standard InChI is InChI=1S/C20H23N3O/c1-2-6-16(7-3-1)12-18-13-21-22-20(18)17-8-4-10-23(14-17)15-19-9-5-11-24-19/h1-3,5-7,9,11,13,17H,4,8,10,12,14-15H2,(H,21,22). The average molecular weight is 321 g/mol. The van der Waals surface area contributed by atoms with Crippen LogP contribution in [-0.2, 0) is 13.0 Å². The lowest BCUT2D eigenvalue weighted by Gasteiger charge is -2.32. The van der Waals surface area contributed by atoms with Crippen LogP contribution in [0.25, 0.3) is 0 Å². The lowest BCUT2D eigenvalue weighted by Crippen LogP contribution is -2.34. The van der Waals surface area contributed by atoms with Crippen LogP contribution in [0.2, 0.25) is 0 Å². The van der Waals surface area contributed by atoms with Crippen LogP contribution in [0.5, 0.6) is 0 Å². The molecule has 0 radical (unpaired) electrons. The van der Waals surface area contributed by atoms with E-state index in [2.05, 4.69) is 51.5 Å². The molecule has 1 fully saturated rings. The Hall–Kier alpha value is -2.33. The minimum absolute atomic E-state index is 0.523. The summed E-state index contributed by atoms with van der Waals surface area (Å²) in [5.41, 5.74) is 3.97. The fourth-order valence-corrected chi connectivity index (χ4v) is 3.69. The van der Waals surface area contributed by atoms with E-state index in [1.54, 1.807) is 6.26 Å². The van der Waals surface area contributed by atoms with Gasteiger partial charge in [-0.2, -0.15) is 5.10 Å². The van der Waals surface area contributed by atoms with Crippen molar-refractivity contribution in [3.8, 4) is 0 Å². The number of nitrogens with one attached hydrogen (secondary N) is 1. The van der Waals surface area contributed by atoms with Gasteiger partial charge >= 0.3 is 0 Å². The molecule has 3 heterocycles. The second-order valence-electron chi connectivity index (χ2n) is 6.62. The first-order chi connectivity index (χ1) is 11.9. The van der Waals surface area contributed by atoms with Gasteiger partial charge in [0.05, 0.1) is 19.0 Å². The SMILES string of the molecule is c1ccc(Cc2cn[nH]c2C2CCCN(Cc3ccco3)C2)cc1. The summed E-state index contributed by atoms with van der Waals surface area (Å²) in [6, 6.07) is 14.6. The van der Waals surface area contributed by atoms with Gasteiger partial charge in [-0.3, -0.25) is 10.00 Å². The number of benzene rings is 1. The molecule has 0 amide bonds. The maximum absolute atomic E-state index is 5.50. The number of rotatable bonds is 5. The van der Waals surface area contributed by atoms with Gasteiger partial charge in [0.1, 0.15) is 5.76 Å². The zero-order chi connectivity index (χ0) is 16.2. The van der Waals surface area contributed by atoms with Crippen molar-refractivity contribution in [1.82, 2.24) is 15.1 Å². The molecule has 124 valence electrons. The highest BCUT2D eigenvalue weighted by Crippen LogP contribution is 2.29. The van der Waals surface area contributed by atoms with E-state index in [1.165, 1.54) is 29.7 Å². The fraction of sp³-hybridized carbons (Fsp3) is 0.350. The predicted molar refractivity (Wildman–Crippen MR) is 93.8 cm³/mol. The summed E-state index contributed by atoms with van der Waals surface area (Å²) in [5.74, 6) is 1.57. The number of piperidine rings is 1. The van der Waals surface area contributed by atoms with Crippen LogP contribution in [0.4, 0.5) is 0 Å². The fourth-order valence-electron chi connectivity index (χ4n) is 3.69. The molecule has 2 aromatic heterocycles. The van der Waals surface area contributed by atoms with Gasteiger partial charge in [0.15, 0.2) is 0 Å². The summed E-state index contributed by atoms with van der Waals surface area (Å²) in [7, 11) is 0. The molecule has 0 bridgehead atoms. The molecule has 0 spiro atoms. The van der Waals surface area contributed by atoms with E-state index in [0.29, 0.717) is 5.92 Å². The molecule has 1 aliphatic heterocycles. The summed E-state index contributed by atoms with van der Waals surface area (Å²) < 4.78 is 5.50. The third kappa shape index (κ3) is 3.44. The van der Waals surface area contributed by atoms with Crippen LogP contribution >= 0.6 is 0 Å². The van der Waals surface area contributed by atoms with E-state index in [0.717, 1.165) is 31.8 Å². The number of likely N-dealkylation sites (tertiary alicyclic amines) is 1. The second-order valence-corrected chi connectivity index (χ2v) is 6.62. The van der Waals surface area contributed by atoms with Crippen LogP contribution in [0.15, 0.2) is 59.3 Å². The highest BCUT2D eigenvalue weighted by molar-refractivity contribution is 5.29. The average Bonchev–Trinajstić information content (AvgIpc) is 3.28. The van der Waals surface area contributed by atoms with Crippen molar-refractivity contribution in [2.75, 3.05) is 13.1 Å². The summed E-state index contributed by atoms with van der Waals surface area (Å²) in [5, 5.41) is 7.61. The van der Waals surface area contributed by atoms with Crippen molar-refractivity contribution in [3.05, 3.63) is 77.5 Å². The number of aromatic amines is 1. The van der Waals surface area contributed by atoms with E-state index in [-0.39, 0.29) is 0 Å². The number of aromatic nitrogens is 2. The highest BCUT2D eigenvalue weighted by Gasteiger charge is 2.25. The minimum atomic E-state index is 0.523. The Morgan fingerprint density at radius 3 is 2.92 bits per heavy atom. The topological polar surface area (TPSA) is 45.1 Å². The summed E-state index contributed by atoms with van der Waals surface area (Å²) >= 11 is 0. The first-order valence-electron chi connectivity index (χ1n) is 8.69. The molecule has 4 nitrogen and oxygen atoms in total. The minimum Gasteiger partial charge on any atom is -0.468 e. The molecule has 1 atom stereocenters. The van der Waals surface area contributed by atoms with Crippen molar-refractivity contribution in [2.24, 2.45) is 0 Å². The molecule has 1 aromatic carbocycles. The van der Waals surface area contributed by atoms with Crippen LogP contribution in [0.3, 0.4) is 0 Å². The molecule has 1 saturated heterocycles. The monoisotopic (exact) mass is 321 g/mol. The van der Waals surface area contributed by atoms with Gasteiger partial charge in [-0.05, 0) is 42.6 Å². The van der Waals surface area contributed by atoms with Gasteiger partial charge in [-0.25, -0.2) is 0 Å². The van der Waals surface area contributed by atoms with E-state index in [4.69, 9.17) is 4.42 Å². The van der Waals surface area contributed by atoms with Gasteiger partial charge in [0, 0.05) is 24.6 Å². The zero-order valence-corrected chi connectivity index (χ0v) is 13.8. The van der Waals surface area contributed by atoms with Gasteiger partial charge in [-0.15, -0.1) is 0 Å². The van der Waals surface area contributed by atoms with Gasteiger partial charge in [-0.1, -0.05) is 30.3 Å². The Kier molecular flexibility index (Phi) is 4.47. The first-order valence-corrected chi connectivity index (χ1v) is 8.69. The molecule has 24 heavy (non-hydrogen) atoms. The maximum Gasteiger partial charge on any atom is 0.117 e. The molecular weight excluding hydrogens is 298 g/mol. The molecule has 1 N–H and O–H groups in total. The number of hydrogen-bond acceptors (Lipinski definition) is 3. The molecule has 0 aliphatic carbocycles. The molecule has 1 aliphatic rings. The van der Waals surface area contributed by atoms with Gasteiger partial charge in [0.2, 0.25) is 0 Å². The molecule has 3 aromatic rings. The lowest BCUT2D eigenvalue weighted by atomic mass is 9.91. The van der Waals surface area contributed by atoms with E-state index in [9.17, 15) is 0 Å². The largest absolute Gasteiger partial charge is 0.468 e. The number of furan rings is 1. The van der Waals surface area contributed by atoms with E-state index < -0.39 is 0 Å². The first kappa shape index (κ1) is 15.2. The van der Waals surface area contributed by atoms with Gasteiger partial charge in [0.25, 0.3) is 0 Å². The van der Waals surface area contributed by atoms with Crippen molar-refractivity contribution in [1.29, 1.82) is 0 Å². The highest BCUT2D eigenvalue weighted by atomic mass is 16.3. The smallest absolute Gasteiger partial charge is 0.117 e. The molecule has 4 heteroatoms. The predicted octanol–water partition coefficient (Wildman–Crippen LogP) is 3.97. The normalized spacial score (nSPS) is 18.8. The molecule has 4 rings (SSSR count). The zero-order valence-electron chi connectivity index (χ0n) is 13.8. The van der Waals surface area contributed by atoms with Crippen LogP contribution in [-0.4, -0.2) is 28.2 Å². The summed E-state index contributed by atoms with van der Waals surface area (Å²) in [4.78, 5) is 2.49. The Labute approximate surface area is 142 Å². The lowest BCUT2D eigenvalue weighted by molar-refractivity contribution is 0.185. The van der Waals surface area contributed by atoms with Crippen molar-refractivity contribution in [3.63, 3.8) is 0 Å². The third-order valence-corrected chi connectivity index (χ3v) is 4.86. The number of hydrogen-bond donors (Lipinski definition) is 1. The van der Waals surface area contributed by atoms with Crippen LogP contribution in [0.1, 0.15) is 41.3 Å². The Morgan fingerprint density at radius 1 is 1.17 bits per heavy atom. The van der Waals surface area contributed by atoms with E-state index >= 15 is 0 Å². The summed E-state index contributed by atoms with van der Waals surface area (Å²) in [6.07, 6.45) is 7.13. The quantitative estimate of drug-likeness (QED) is 0.773. The molecular formula is C20H23N3O. The maximum atomic E-state index is 5.50. The number of nitrogens with zero attached hydrogens (tertiary/aromatic N) is 2. The molecule has 1 unspecified atom stereocenters. The Bertz CT molecular complexity index is 748. The van der Waals surface area contributed by atoms with E-state index in [1.807, 2.05) is 12.3 Å². The van der Waals surface area contributed by atoms with Crippen molar-refractivity contribution >= 4 is 0 Å². The Balaban J connectivity index is 1.46. The van der Waals surface area contributed by atoms with Crippen molar-refractivity contribution in [2.45, 2.75) is 31.7 Å². The summed E-state index contributed by atoms with van der Waals surface area (Å²) in [6.45, 7) is 3.09. The second kappa shape index (κ2) is 7.05. The van der Waals surface area contributed by atoms with Crippen LogP contribution < -0.4 is 0 Å².